The van der Waals surface area contributed by atoms with E-state index in [0.29, 0.717) is 42.3 Å². The summed E-state index contributed by atoms with van der Waals surface area (Å²) in [4.78, 5) is 24.2. The van der Waals surface area contributed by atoms with E-state index in [4.69, 9.17) is 11.6 Å². The number of nitrogens with zero attached hydrogens (tertiary/aromatic N) is 2. The number of H-pyrrole nitrogens is 2. The molecule has 1 aliphatic heterocycles. The molecular weight excluding hydrogens is 376 g/mol. The lowest BCUT2D eigenvalue weighted by Crippen LogP contribution is -2.36. The molecule has 7 nitrogen and oxygen atoms in total. The van der Waals surface area contributed by atoms with Crippen molar-refractivity contribution < 1.29 is 8.42 Å². The number of rotatable bonds is 3. The van der Waals surface area contributed by atoms with Gasteiger partial charge in [-0.3, -0.25) is 14.7 Å². The van der Waals surface area contributed by atoms with Gasteiger partial charge in [0.2, 0.25) is 15.0 Å². The Balaban J connectivity index is 1.62. The number of hydrogen-bond donors (Lipinski definition) is 2. The van der Waals surface area contributed by atoms with Gasteiger partial charge >= 0.3 is 0 Å². The van der Waals surface area contributed by atoms with Crippen LogP contribution in [0.3, 0.4) is 0 Å². The van der Waals surface area contributed by atoms with Gasteiger partial charge in [0.05, 0.1) is 11.3 Å². The van der Waals surface area contributed by atoms with E-state index in [0.717, 1.165) is 22.7 Å². The van der Waals surface area contributed by atoms with Gasteiger partial charge in [0.15, 0.2) is 0 Å². The minimum Gasteiger partial charge on any atom is -0.361 e. The molecule has 0 unspecified atom stereocenters. The summed E-state index contributed by atoms with van der Waals surface area (Å²) < 4.78 is 23.3. The molecule has 3 aromatic rings. The van der Waals surface area contributed by atoms with E-state index in [1.165, 1.54) is 0 Å². The van der Waals surface area contributed by atoms with Crippen molar-refractivity contribution in [2.45, 2.75) is 24.7 Å². The van der Waals surface area contributed by atoms with Gasteiger partial charge in [-0.25, -0.2) is 13.4 Å². The van der Waals surface area contributed by atoms with E-state index in [2.05, 4.69) is 19.9 Å². The van der Waals surface area contributed by atoms with Crippen LogP contribution >= 0.6 is 11.6 Å². The molecular formula is C17H17ClN4O3S. The quantitative estimate of drug-likeness (QED) is 0.663. The van der Waals surface area contributed by atoms with Crippen LogP contribution < -0.4 is 5.56 Å². The number of hydrogen-bond acceptors (Lipinski definition) is 5. The monoisotopic (exact) mass is 392 g/mol. The molecule has 0 radical (unpaired) electrons. The van der Waals surface area contributed by atoms with Gasteiger partial charge in [-0.1, -0.05) is 11.6 Å². The highest BCUT2D eigenvalue weighted by Gasteiger charge is 2.24. The predicted octanol–water partition coefficient (Wildman–Crippen LogP) is 1.87. The second-order valence-electron chi connectivity index (χ2n) is 6.53. The van der Waals surface area contributed by atoms with Crippen molar-refractivity contribution in [3.05, 3.63) is 56.6 Å². The maximum atomic E-state index is 12.3. The molecule has 136 valence electrons. The molecule has 26 heavy (non-hydrogen) atoms. The summed E-state index contributed by atoms with van der Waals surface area (Å²) in [5, 5.41) is 1.47. The minimum absolute atomic E-state index is 0.263. The summed E-state index contributed by atoms with van der Waals surface area (Å²) in [7, 11) is -3.54. The zero-order valence-electron chi connectivity index (χ0n) is 14.0. The van der Waals surface area contributed by atoms with Gasteiger partial charge in [-0.05, 0) is 23.8 Å². The minimum atomic E-state index is -3.54. The Bertz CT molecular complexity index is 1170. The predicted molar refractivity (Wildman–Crippen MR) is 99.1 cm³/mol. The van der Waals surface area contributed by atoms with Crippen LogP contribution in [0.5, 0.6) is 0 Å². The zero-order chi connectivity index (χ0) is 18.5. The highest BCUT2D eigenvalue weighted by Crippen LogP contribution is 2.25. The smallest absolute Gasteiger partial charge is 0.256 e. The molecule has 0 bridgehead atoms. The topological polar surface area (TPSA) is 98.9 Å². The SMILES string of the molecule is CS(=O)(=O)c1nc2c(c(=O)[nH]1)CN(Cc1c[nH]c3ccc(Cl)cc13)CC2. The van der Waals surface area contributed by atoms with Gasteiger partial charge in [-0.2, -0.15) is 0 Å². The summed E-state index contributed by atoms with van der Waals surface area (Å²) in [5.74, 6) is 0. The zero-order valence-corrected chi connectivity index (χ0v) is 15.6. The van der Waals surface area contributed by atoms with E-state index in [1.807, 2.05) is 24.4 Å². The van der Waals surface area contributed by atoms with Crippen LogP contribution in [-0.4, -0.2) is 41.1 Å². The number of sulfone groups is 1. The first-order chi connectivity index (χ1) is 12.3. The molecule has 0 saturated heterocycles. The third kappa shape index (κ3) is 3.15. The first-order valence-corrected chi connectivity index (χ1v) is 10.4. The number of halogens is 1. The molecule has 1 aromatic carbocycles. The van der Waals surface area contributed by atoms with Crippen LogP contribution in [0.1, 0.15) is 16.8 Å². The third-order valence-corrected chi connectivity index (χ3v) is 5.73. The fourth-order valence-corrected chi connectivity index (χ4v) is 4.02. The van der Waals surface area contributed by atoms with Gasteiger partial charge in [-0.15, -0.1) is 0 Å². The van der Waals surface area contributed by atoms with Crippen LogP contribution in [-0.2, 0) is 29.3 Å². The Morgan fingerprint density at radius 2 is 2.15 bits per heavy atom. The number of benzene rings is 1. The fourth-order valence-electron chi connectivity index (χ4n) is 3.29. The van der Waals surface area contributed by atoms with Crippen molar-refractivity contribution in [2.24, 2.45) is 0 Å². The largest absolute Gasteiger partial charge is 0.361 e. The number of fused-ring (bicyclic) bond motifs is 2. The molecule has 0 atom stereocenters. The van der Waals surface area contributed by atoms with Gasteiger partial charge < -0.3 is 4.98 Å². The standard InChI is InChI=1S/C17H17ClN4O3S/c1-26(24,25)17-20-15-4-5-22(9-13(15)16(23)21-17)8-10-7-19-14-3-2-11(18)6-12(10)14/h2-3,6-7,19H,4-5,8-9H2,1H3,(H,20,21,23). The second kappa shape index (κ2) is 6.22. The summed E-state index contributed by atoms with van der Waals surface area (Å²) in [6.45, 7) is 1.78. The Hall–Kier alpha value is -2.16. The fraction of sp³-hybridized carbons (Fsp3) is 0.294. The average molecular weight is 393 g/mol. The lowest BCUT2D eigenvalue weighted by molar-refractivity contribution is 0.241. The molecule has 0 spiro atoms. The number of nitrogens with one attached hydrogen (secondary N) is 2. The Morgan fingerprint density at radius 3 is 2.92 bits per heavy atom. The molecule has 2 aromatic heterocycles. The van der Waals surface area contributed by atoms with E-state index in [9.17, 15) is 13.2 Å². The van der Waals surface area contributed by atoms with Crippen molar-refractivity contribution in [1.29, 1.82) is 0 Å². The lowest BCUT2D eigenvalue weighted by atomic mass is 10.1. The maximum Gasteiger partial charge on any atom is 0.256 e. The highest BCUT2D eigenvalue weighted by molar-refractivity contribution is 7.90. The second-order valence-corrected chi connectivity index (χ2v) is 8.90. The molecule has 0 saturated carbocycles. The molecule has 4 rings (SSSR count). The molecule has 0 amide bonds. The first kappa shape index (κ1) is 17.3. The Morgan fingerprint density at radius 1 is 1.35 bits per heavy atom. The van der Waals surface area contributed by atoms with Crippen LogP contribution in [0.25, 0.3) is 10.9 Å². The molecule has 3 heterocycles. The van der Waals surface area contributed by atoms with Crippen LogP contribution in [0.15, 0.2) is 34.3 Å². The van der Waals surface area contributed by atoms with Gasteiger partial charge in [0, 0.05) is 54.4 Å². The highest BCUT2D eigenvalue weighted by atomic mass is 35.5. The van der Waals surface area contributed by atoms with Crippen molar-refractivity contribution in [1.82, 2.24) is 19.9 Å². The Kier molecular flexibility index (Phi) is 4.13. The summed E-state index contributed by atoms with van der Waals surface area (Å²) >= 11 is 6.10. The molecule has 0 fully saturated rings. The normalized spacial score (nSPS) is 15.3. The van der Waals surface area contributed by atoms with Crippen molar-refractivity contribution in [3.8, 4) is 0 Å². The average Bonchev–Trinajstić information content (AvgIpc) is 2.96. The molecule has 1 aliphatic rings. The number of aromatic nitrogens is 3. The molecule has 2 N–H and O–H groups in total. The summed E-state index contributed by atoms with van der Waals surface area (Å²) in [6.07, 6.45) is 3.52. The van der Waals surface area contributed by atoms with Crippen LogP contribution in [0.2, 0.25) is 5.02 Å². The van der Waals surface area contributed by atoms with Gasteiger partial charge in [0.25, 0.3) is 5.56 Å². The maximum absolute atomic E-state index is 12.3. The van der Waals surface area contributed by atoms with E-state index in [1.54, 1.807) is 0 Å². The lowest BCUT2D eigenvalue weighted by Gasteiger charge is -2.27. The number of aromatic amines is 2. The summed E-state index contributed by atoms with van der Waals surface area (Å²) in [6, 6.07) is 5.70. The third-order valence-electron chi connectivity index (χ3n) is 4.60. The Labute approximate surface area is 154 Å². The van der Waals surface area contributed by atoms with Crippen LogP contribution in [0.4, 0.5) is 0 Å². The van der Waals surface area contributed by atoms with Crippen molar-refractivity contribution in [3.63, 3.8) is 0 Å². The van der Waals surface area contributed by atoms with E-state index in [-0.39, 0.29) is 10.7 Å². The van der Waals surface area contributed by atoms with E-state index >= 15 is 0 Å². The summed E-state index contributed by atoms with van der Waals surface area (Å²) in [5.41, 5.74) is 2.82. The molecule has 9 heteroatoms. The van der Waals surface area contributed by atoms with Crippen molar-refractivity contribution in [2.75, 3.05) is 12.8 Å². The van der Waals surface area contributed by atoms with Gasteiger partial charge in [0.1, 0.15) is 0 Å². The van der Waals surface area contributed by atoms with Crippen LogP contribution in [0, 0.1) is 0 Å². The van der Waals surface area contributed by atoms with E-state index < -0.39 is 9.84 Å². The van der Waals surface area contributed by atoms with Crippen molar-refractivity contribution >= 4 is 32.3 Å². The first-order valence-electron chi connectivity index (χ1n) is 8.11. The molecule has 0 aliphatic carbocycles.